The molecule has 0 radical (unpaired) electrons. The number of ether oxygens (including phenoxy) is 2. The summed E-state index contributed by atoms with van der Waals surface area (Å²) < 4.78 is 24.2. The number of phenols is 1. The zero-order valence-electron chi connectivity index (χ0n) is 9.30. The predicted molar refractivity (Wildman–Crippen MR) is 61.2 cm³/mol. The summed E-state index contributed by atoms with van der Waals surface area (Å²) in [5.74, 6) is -0.789. The molecule has 0 amide bonds. The summed E-state index contributed by atoms with van der Waals surface area (Å²) in [5, 5.41) is 12.9. The number of benzene rings is 1. The van der Waals surface area contributed by atoms with Crippen LogP contribution >= 0.6 is 11.6 Å². The number of nitrogens with one attached hydrogen (secondary N) is 1. The van der Waals surface area contributed by atoms with Gasteiger partial charge < -0.3 is 19.9 Å². The molecule has 2 rings (SSSR count). The molecule has 1 aliphatic heterocycles. The molecule has 0 spiro atoms. The molecule has 0 bridgehead atoms. The number of halogens is 2. The monoisotopic (exact) mass is 261 g/mol. The highest BCUT2D eigenvalue weighted by Crippen LogP contribution is 2.40. The van der Waals surface area contributed by atoms with Crippen molar-refractivity contribution in [2.24, 2.45) is 0 Å². The van der Waals surface area contributed by atoms with Gasteiger partial charge in [-0.1, -0.05) is 11.6 Å². The number of rotatable bonds is 2. The average Bonchev–Trinajstić information content (AvgIpc) is 2.35. The van der Waals surface area contributed by atoms with Gasteiger partial charge in [0.25, 0.3) is 0 Å². The number of hydrogen-bond donors (Lipinski definition) is 2. The molecule has 6 heteroatoms. The lowest BCUT2D eigenvalue weighted by molar-refractivity contribution is 0.0238. The molecule has 1 atom stereocenters. The Kier molecular flexibility index (Phi) is 3.71. The summed E-state index contributed by atoms with van der Waals surface area (Å²) in [7, 11) is 1.38. The van der Waals surface area contributed by atoms with Crippen molar-refractivity contribution in [2.45, 2.75) is 6.10 Å². The van der Waals surface area contributed by atoms with Crippen molar-refractivity contribution in [1.29, 1.82) is 0 Å². The van der Waals surface area contributed by atoms with E-state index in [1.807, 2.05) is 0 Å². The molecule has 1 unspecified atom stereocenters. The Morgan fingerprint density at radius 1 is 1.65 bits per heavy atom. The minimum atomic E-state index is -0.668. The molecule has 1 aromatic carbocycles. The van der Waals surface area contributed by atoms with E-state index < -0.39 is 11.9 Å². The minimum absolute atomic E-state index is 0.0431. The zero-order valence-corrected chi connectivity index (χ0v) is 10.1. The molecule has 0 aliphatic carbocycles. The first-order chi connectivity index (χ1) is 8.15. The first kappa shape index (κ1) is 12.4. The van der Waals surface area contributed by atoms with Crippen molar-refractivity contribution in [1.82, 2.24) is 5.32 Å². The molecule has 1 heterocycles. The highest BCUT2D eigenvalue weighted by atomic mass is 35.5. The van der Waals surface area contributed by atoms with Crippen LogP contribution in [0.4, 0.5) is 4.39 Å². The van der Waals surface area contributed by atoms with Gasteiger partial charge in [-0.25, -0.2) is 4.39 Å². The van der Waals surface area contributed by atoms with Crippen LogP contribution in [-0.2, 0) is 4.74 Å². The van der Waals surface area contributed by atoms with Gasteiger partial charge in [-0.2, -0.15) is 0 Å². The van der Waals surface area contributed by atoms with Gasteiger partial charge >= 0.3 is 0 Å². The van der Waals surface area contributed by atoms with Crippen LogP contribution in [0.25, 0.3) is 0 Å². The third-order valence-electron chi connectivity index (χ3n) is 2.66. The van der Waals surface area contributed by atoms with Gasteiger partial charge in [-0.05, 0) is 0 Å². The normalized spacial score (nSPS) is 20.3. The first-order valence-corrected chi connectivity index (χ1v) is 5.60. The summed E-state index contributed by atoms with van der Waals surface area (Å²) in [6.07, 6.45) is -0.559. The minimum Gasteiger partial charge on any atom is -0.504 e. The molecule has 1 fully saturated rings. The molecule has 1 aromatic rings. The van der Waals surface area contributed by atoms with Crippen LogP contribution in [0.3, 0.4) is 0 Å². The first-order valence-electron chi connectivity index (χ1n) is 5.22. The van der Waals surface area contributed by atoms with Crippen molar-refractivity contribution >= 4 is 11.6 Å². The van der Waals surface area contributed by atoms with Crippen LogP contribution in [0, 0.1) is 5.82 Å². The summed E-state index contributed by atoms with van der Waals surface area (Å²) in [5.41, 5.74) is 0.0431. The van der Waals surface area contributed by atoms with Crippen molar-refractivity contribution < 1.29 is 19.0 Å². The van der Waals surface area contributed by atoms with Gasteiger partial charge in [-0.15, -0.1) is 0 Å². The lowest BCUT2D eigenvalue weighted by atomic mass is 10.1. The Hall–Kier alpha value is -1.04. The van der Waals surface area contributed by atoms with Crippen LogP contribution in [0.5, 0.6) is 11.5 Å². The van der Waals surface area contributed by atoms with E-state index in [0.717, 1.165) is 0 Å². The Morgan fingerprint density at radius 3 is 3.00 bits per heavy atom. The Labute approximate surface area is 103 Å². The molecule has 1 saturated heterocycles. The van der Waals surface area contributed by atoms with Crippen molar-refractivity contribution in [3.8, 4) is 11.5 Å². The summed E-state index contributed by atoms with van der Waals surface area (Å²) in [6.45, 7) is 1.59. The number of phenolic OH excluding ortho intramolecular Hbond substituents is 1. The van der Waals surface area contributed by atoms with E-state index >= 15 is 0 Å². The maximum Gasteiger partial charge on any atom is 0.166 e. The fraction of sp³-hybridized carbons (Fsp3) is 0.455. The number of aromatic hydroxyl groups is 1. The predicted octanol–water partition coefficient (Wildman–Crippen LogP) is 1.85. The molecule has 0 saturated carbocycles. The highest BCUT2D eigenvalue weighted by molar-refractivity contribution is 6.31. The lowest BCUT2D eigenvalue weighted by Gasteiger charge is -2.25. The Bertz CT molecular complexity index is 422. The Balaban J connectivity index is 2.46. The summed E-state index contributed by atoms with van der Waals surface area (Å²) >= 11 is 5.75. The molecule has 94 valence electrons. The standard InChI is InChI=1S/C11H13ClFNO3/c1-16-7-4-6(12)10(13)9(11(7)15)8-5-14-2-3-17-8/h4,8,14-15H,2-3,5H2,1H3. The number of methoxy groups -OCH3 is 1. The summed E-state index contributed by atoms with van der Waals surface area (Å²) in [4.78, 5) is 0. The molecule has 2 N–H and O–H groups in total. The molecular weight excluding hydrogens is 249 g/mol. The van der Waals surface area contributed by atoms with E-state index in [4.69, 9.17) is 21.1 Å². The third kappa shape index (κ3) is 2.31. The van der Waals surface area contributed by atoms with Crippen LogP contribution in [0.2, 0.25) is 5.02 Å². The van der Waals surface area contributed by atoms with Crippen molar-refractivity contribution in [3.05, 3.63) is 22.5 Å². The van der Waals surface area contributed by atoms with E-state index in [2.05, 4.69) is 5.32 Å². The maximum absolute atomic E-state index is 13.9. The highest BCUT2D eigenvalue weighted by Gasteiger charge is 2.27. The molecule has 17 heavy (non-hydrogen) atoms. The number of hydrogen-bond acceptors (Lipinski definition) is 4. The maximum atomic E-state index is 13.9. The fourth-order valence-electron chi connectivity index (χ4n) is 1.81. The van der Waals surface area contributed by atoms with E-state index in [1.54, 1.807) is 0 Å². The largest absolute Gasteiger partial charge is 0.504 e. The van der Waals surface area contributed by atoms with Crippen molar-refractivity contribution in [2.75, 3.05) is 26.8 Å². The van der Waals surface area contributed by atoms with Gasteiger partial charge in [0.1, 0.15) is 6.10 Å². The quantitative estimate of drug-likeness (QED) is 0.853. The molecule has 4 nitrogen and oxygen atoms in total. The summed E-state index contributed by atoms with van der Waals surface area (Å²) in [6, 6.07) is 1.24. The van der Waals surface area contributed by atoms with E-state index in [1.165, 1.54) is 13.2 Å². The molecule has 0 aromatic heterocycles. The van der Waals surface area contributed by atoms with Crippen LogP contribution in [-0.4, -0.2) is 31.9 Å². The van der Waals surface area contributed by atoms with Gasteiger partial charge in [-0.3, -0.25) is 0 Å². The second kappa shape index (κ2) is 5.08. The third-order valence-corrected chi connectivity index (χ3v) is 2.94. The smallest absolute Gasteiger partial charge is 0.166 e. The van der Waals surface area contributed by atoms with Gasteiger partial charge in [0.05, 0.1) is 24.3 Å². The van der Waals surface area contributed by atoms with Crippen LogP contribution in [0.1, 0.15) is 11.7 Å². The van der Waals surface area contributed by atoms with E-state index in [0.29, 0.717) is 19.7 Å². The van der Waals surface area contributed by atoms with Gasteiger partial charge in [0.15, 0.2) is 17.3 Å². The average molecular weight is 262 g/mol. The van der Waals surface area contributed by atoms with E-state index in [-0.39, 0.29) is 22.1 Å². The number of morpholine rings is 1. The van der Waals surface area contributed by atoms with Gasteiger partial charge in [0, 0.05) is 19.2 Å². The second-order valence-electron chi connectivity index (χ2n) is 3.70. The second-order valence-corrected chi connectivity index (χ2v) is 4.11. The van der Waals surface area contributed by atoms with Crippen molar-refractivity contribution in [3.63, 3.8) is 0 Å². The Morgan fingerprint density at radius 2 is 2.41 bits per heavy atom. The van der Waals surface area contributed by atoms with Crippen LogP contribution in [0.15, 0.2) is 6.07 Å². The van der Waals surface area contributed by atoms with Gasteiger partial charge in [0.2, 0.25) is 0 Å². The fourth-order valence-corrected chi connectivity index (χ4v) is 2.01. The van der Waals surface area contributed by atoms with Crippen LogP contribution < -0.4 is 10.1 Å². The molecule has 1 aliphatic rings. The van der Waals surface area contributed by atoms with E-state index in [9.17, 15) is 9.50 Å². The molecular formula is C11H13ClFNO3. The lowest BCUT2D eigenvalue weighted by Crippen LogP contribution is -2.33. The topological polar surface area (TPSA) is 50.7 Å². The SMILES string of the molecule is COc1cc(Cl)c(F)c(C2CNCCO2)c1O. The zero-order chi connectivity index (χ0) is 12.4.